The molecule has 0 radical (unpaired) electrons. The van der Waals surface area contributed by atoms with E-state index < -0.39 is 0 Å². The van der Waals surface area contributed by atoms with Crippen molar-refractivity contribution in [2.45, 2.75) is 13.5 Å². The minimum atomic E-state index is 0.784. The molecule has 140 valence electrons. The molecule has 0 amide bonds. The quantitative estimate of drug-likeness (QED) is 0.500. The van der Waals surface area contributed by atoms with Gasteiger partial charge >= 0.3 is 0 Å². The first-order valence-electron chi connectivity index (χ1n) is 9.34. The van der Waals surface area contributed by atoms with E-state index in [4.69, 9.17) is 9.47 Å². The van der Waals surface area contributed by atoms with Gasteiger partial charge in [-0.25, -0.2) is 0 Å². The first kappa shape index (κ1) is 19.0. The Morgan fingerprint density at radius 2 is 1.07 bits per heavy atom. The third-order valence-electron chi connectivity index (χ3n) is 4.02. The maximum atomic E-state index is 5.91. The summed E-state index contributed by atoms with van der Waals surface area (Å²) in [6.45, 7) is 5.93. The molecule has 4 nitrogen and oxygen atoms in total. The van der Waals surface area contributed by atoms with E-state index in [1.807, 2.05) is 66.7 Å². The molecule has 0 fully saturated rings. The maximum Gasteiger partial charge on any atom is 0.127 e. The predicted octanol–water partition coefficient (Wildman–Crippen LogP) is 4.97. The third-order valence-corrected chi connectivity index (χ3v) is 4.02. The van der Waals surface area contributed by atoms with Gasteiger partial charge in [-0.05, 0) is 60.6 Å². The van der Waals surface area contributed by atoms with Gasteiger partial charge in [-0.2, -0.15) is 0 Å². The van der Waals surface area contributed by atoms with E-state index >= 15 is 0 Å². The lowest BCUT2D eigenvalue weighted by Gasteiger charge is -2.09. The van der Waals surface area contributed by atoms with Crippen molar-refractivity contribution in [3.05, 3.63) is 84.4 Å². The smallest absolute Gasteiger partial charge is 0.127 e. The zero-order chi connectivity index (χ0) is 18.7. The van der Waals surface area contributed by atoms with E-state index in [2.05, 4.69) is 29.7 Å². The van der Waals surface area contributed by atoms with E-state index in [0.29, 0.717) is 0 Å². The zero-order valence-electron chi connectivity index (χ0n) is 15.7. The molecule has 0 aliphatic heterocycles. The number of rotatable bonds is 10. The van der Waals surface area contributed by atoms with E-state index in [1.54, 1.807) is 0 Å². The van der Waals surface area contributed by atoms with Crippen LogP contribution in [0.5, 0.6) is 23.0 Å². The van der Waals surface area contributed by atoms with Gasteiger partial charge in [-0.15, -0.1) is 0 Å². The molecule has 2 N–H and O–H groups in total. The highest BCUT2D eigenvalue weighted by molar-refractivity contribution is 5.38. The molecular weight excluding hydrogens is 336 g/mol. The summed E-state index contributed by atoms with van der Waals surface area (Å²) in [5.41, 5.74) is 1.24. The average molecular weight is 362 g/mol. The molecule has 0 saturated carbocycles. The van der Waals surface area contributed by atoms with Crippen molar-refractivity contribution in [3.63, 3.8) is 0 Å². The van der Waals surface area contributed by atoms with Crippen LogP contribution in [0.2, 0.25) is 0 Å². The topological polar surface area (TPSA) is 42.5 Å². The Balaban J connectivity index is 1.48. The van der Waals surface area contributed by atoms with Crippen molar-refractivity contribution < 1.29 is 9.47 Å². The van der Waals surface area contributed by atoms with E-state index in [-0.39, 0.29) is 0 Å². The molecule has 4 heteroatoms. The minimum Gasteiger partial charge on any atom is -0.457 e. The Morgan fingerprint density at radius 3 is 1.63 bits per heavy atom. The lowest BCUT2D eigenvalue weighted by atomic mass is 10.2. The molecule has 0 aromatic heterocycles. The average Bonchev–Trinajstić information content (AvgIpc) is 2.71. The van der Waals surface area contributed by atoms with Crippen molar-refractivity contribution in [2.24, 2.45) is 0 Å². The van der Waals surface area contributed by atoms with Crippen LogP contribution in [0.4, 0.5) is 0 Å². The molecule has 0 spiro atoms. The fraction of sp³-hybridized carbons (Fsp3) is 0.217. The monoisotopic (exact) mass is 362 g/mol. The number of benzene rings is 3. The van der Waals surface area contributed by atoms with Gasteiger partial charge in [0.15, 0.2) is 0 Å². The minimum absolute atomic E-state index is 0.784. The Hall–Kier alpha value is -2.82. The molecule has 0 aliphatic carbocycles. The van der Waals surface area contributed by atoms with Gasteiger partial charge in [0, 0.05) is 19.6 Å². The lowest BCUT2D eigenvalue weighted by Crippen LogP contribution is -2.26. The van der Waals surface area contributed by atoms with Crippen LogP contribution in [0.15, 0.2) is 78.9 Å². The van der Waals surface area contributed by atoms with Crippen molar-refractivity contribution >= 4 is 0 Å². The number of likely N-dealkylation sites (N-methyl/N-ethyl adjacent to an activating group) is 1. The SMILES string of the molecule is CCNCCNCc1ccc(Oc2ccc(Oc3ccccc3)cc2)cc1. The van der Waals surface area contributed by atoms with Gasteiger partial charge in [0.05, 0.1) is 0 Å². The van der Waals surface area contributed by atoms with Crippen LogP contribution in [0.25, 0.3) is 0 Å². The van der Waals surface area contributed by atoms with Gasteiger partial charge in [0.2, 0.25) is 0 Å². The Morgan fingerprint density at radius 1 is 0.593 bits per heavy atom. The maximum absolute atomic E-state index is 5.91. The number of hydrogen-bond donors (Lipinski definition) is 2. The highest BCUT2D eigenvalue weighted by Gasteiger charge is 2.01. The molecule has 3 aromatic carbocycles. The molecular formula is C23H26N2O2. The molecule has 3 rings (SSSR count). The molecule has 0 aliphatic rings. The zero-order valence-corrected chi connectivity index (χ0v) is 15.7. The molecule has 27 heavy (non-hydrogen) atoms. The Bertz CT molecular complexity index is 787. The number of para-hydroxylation sites is 1. The van der Waals surface area contributed by atoms with E-state index in [0.717, 1.165) is 49.2 Å². The molecule has 0 bridgehead atoms. The summed E-state index contributed by atoms with van der Waals surface area (Å²) in [5.74, 6) is 3.21. The van der Waals surface area contributed by atoms with Gasteiger partial charge in [-0.1, -0.05) is 37.3 Å². The summed E-state index contributed by atoms with van der Waals surface area (Å²) in [7, 11) is 0. The Labute approximate surface area is 161 Å². The summed E-state index contributed by atoms with van der Waals surface area (Å²) < 4.78 is 11.7. The van der Waals surface area contributed by atoms with Crippen molar-refractivity contribution in [1.82, 2.24) is 10.6 Å². The van der Waals surface area contributed by atoms with Gasteiger partial charge in [0.25, 0.3) is 0 Å². The summed E-state index contributed by atoms with van der Waals surface area (Å²) in [6.07, 6.45) is 0. The van der Waals surface area contributed by atoms with Crippen LogP contribution in [0.3, 0.4) is 0 Å². The highest BCUT2D eigenvalue weighted by Crippen LogP contribution is 2.26. The number of nitrogens with one attached hydrogen (secondary N) is 2. The number of ether oxygens (including phenoxy) is 2. The van der Waals surface area contributed by atoms with Crippen LogP contribution < -0.4 is 20.1 Å². The summed E-state index contributed by atoms with van der Waals surface area (Å²) in [4.78, 5) is 0. The van der Waals surface area contributed by atoms with Crippen molar-refractivity contribution in [1.29, 1.82) is 0 Å². The van der Waals surface area contributed by atoms with Crippen molar-refractivity contribution in [2.75, 3.05) is 19.6 Å². The molecule has 0 heterocycles. The standard InChI is InChI=1S/C23H26N2O2/c1-2-24-16-17-25-18-19-8-10-21(11-9-19)27-23-14-12-22(13-15-23)26-20-6-4-3-5-7-20/h3-15,24-25H,2,16-18H2,1H3. The fourth-order valence-electron chi connectivity index (χ4n) is 2.60. The van der Waals surface area contributed by atoms with Crippen molar-refractivity contribution in [3.8, 4) is 23.0 Å². The van der Waals surface area contributed by atoms with Crippen LogP contribution in [0.1, 0.15) is 12.5 Å². The van der Waals surface area contributed by atoms with Gasteiger partial charge in [-0.3, -0.25) is 0 Å². The van der Waals surface area contributed by atoms with Crippen LogP contribution in [-0.4, -0.2) is 19.6 Å². The second kappa shape index (κ2) is 10.4. The van der Waals surface area contributed by atoms with Crippen LogP contribution >= 0.6 is 0 Å². The lowest BCUT2D eigenvalue weighted by molar-refractivity contribution is 0.469. The van der Waals surface area contributed by atoms with E-state index in [9.17, 15) is 0 Å². The van der Waals surface area contributed by atoms with Crippen LogP contribution in [-0.2, 0) is 6.54 Å². The summed E-state index contributed by atoms with van der Waals surface area (Å²) >= 11 is 0. The van der Waals surface area contributed by atoms with Crippen LogP contribution in [0, 0.1) is 0 Å². The largest absolute Gasteiger partial charge is 0.457 e. The molecule has 0 atom stereocenters. The van der Waals surface area contributed by atoms with Gasteiger partial charge < -0.3 is 20.1 Å². The number of hydrogen-bond acceptors (Lipinski definition) is 4. The van der Waals surface area contributed by atoms with E-state index in [1.165, 1.54) is 5.56 Å². The summed E-state index contributed by atoms with van der Waals surface area (Å²) in [5, 5.41) is 6.71. The second-order valence-electron chi connectivity index (χ2n) is 6.16. The van der Waals surface area contributed by atoms with Gasteiger partial charge in [0.1, 0.15) is 23.0 Å². The molecule has 0 saturated heterocycles. The summed E-state index contributed by atoms with van der Waals surface area (Å²) in [6, 6.07) is 25.5. The normalized spacial score (nSPS) is 10.6. The third kappa shape index (κ3) is 6.44. The predicted molar refractivity (Wildman–Crippen MR) is 110 cm³/mol. The molecule has 3 aromatic rings. The first-order chi connectivity index (χ1) is 13.3. The molecule has 0 unspecified atom stereocenters. The Kier molecular flexibility index (Phi) is 7.27. The highest BCUT2D eigenvalue weighted by atomic mass is 16.5. The first-order valence-corrected chi connectivity index (χ1v) is 9.34. The second-order valence-corrected chi connectivity index (χ2v) is 6.16. The fourth-order valence-corrected chi connectivity index (χ4v) is 2.60.